The van der Waals surface area contributed by atoms with Crippen LogP contribution in [0.15, 0.2) is 22.7 Å². The number of hydrogen-bond acceptors (Lipinski definition) is 3. The first-order valence-corrected chi connectivity index (χ1v) is 6.37. The third-order valence-corrected chi connectivity index (χ3v) is 2.74. The summed E-state index contributed by atoms with van der Waals surface area (Å²) in [5, 5.41) is 5.71. The number of benzene rings is 1. The summed E-state index contributed by atoms with van der Waals surface area (Å²) < 4.78 is 18.9. The summed E-state index contributed by atoms with van der Waals surface area (Å²) in [6, 6.07) is 4.35. The highest BCUT2D eigenvalue weighted by Crippen LogP contribution is 2.14. The Balaban J connectivity index is 2.32. The zero-order chi connectivity index (χ0) is 13.4. The average molecular weight is 319 g/mol. The monoisotopic (exact) mass is 318 g/mol. The smallest absolute Gasteiger partial charge is 0.254 e. The highest BCUT2D eigenvalue weighted by Gasteiger charge is 2.10. The van der Waals surface area contributed by atoms with E-state index in [1.807, 2.05) is 0 Å². The number of amides is 1. The van der Waals surface area contributed by atoms with Crippen LogP contribution < -0.4 is 10.6 Å². The molecule has 0 bridgehead atoms. The fourth-order valence-corrected chi connectivity index (χ4v) is 1.67. The van der Waals surface area contributed by atoms with Gasteiger partial charge in [0.05, 0.1) is 12.2 Å². The molecule has 18 heavy (non-hydrogen) atoms. The number of carbonyl (C=O) groups excluding carboxylic acids is 1. The molecule has 0 aliphatic heterocycles. The molecule has 1 rings (SSSR count). The molecule has 0 saturated carbocycles. The van der Waals surface area contributed by atoms with Crippen molar-refractivity contribution in [1.29, 1.82) is 0 Å². The lowest BCUT2D eigenvalue weighted by molar-refractivity contribution is 0.0949. The van der Waals surface area contributed by atoms with Crippen LogP contribution in [0.25, 0.3) is 0 Å². The standard InChI is InChI=1S/C12H16BrFN2O2/c1-18-7-6-15-4-5-16-12(17)10-3-2-9(13)8-11(10)14/h2-3,8,15H,4-7H2,1H3,(H,16,17). The third kappa shape index (κ3) is 5.12. The normalized spacial score (nSPS) is 10.4. The van der Waals surface area contributed by atoms with Gasteiger partial charge in [-0.1, -0.05) is 15.9 Å². The second-order valence-corrected chi connectivity index (χ2v) is 4.54. The zero-order valence-corrected chi connectivity index (χ0v) is 11.7. The van der Waals surface area contributed by atoms with Crippen LogP contribution in [0.2, 0.25) is 0 Å². The Morgan fingerprint density at radius 3 is 2.83 bits per heavy atom. The Morgan fingerprint density at radius 2 is 2.17 bits per heavy atom. The fraction of sp³-hybridized carbons (Fsp3) is 0.417. The predicted octanol–water partition coefficient (Wildman–Crippen LogP) is 1.55. The molecule has 0 fully saturated rings. The van der Waals surface area contributed by atoms with E-state index >= 15 is 0 Å². The van der Waals surface area contributed by atoms with Crippen molar-refractivity contribution in [2.45, 2.75) is 0 Å². The van der Waals surface area contributed by atoms with Gasteiger partial charge >= 0.3 is 0 Å². The van der Waals surface area contributed by atoms with Crippen LogP contribution in [0.5, 0.6) is 0 Å². The summed E-state index contributed by atoms with van der Waals surface area (Å²) in [4.78, 5) is 11.6. The second kappa shape index (κ2) is 8.18. The van der Waals surface area contributed by atoms with Crippen LogP contribution >= 0.6 is 15.9 Å². The summed E-state index contributed by atoms with van der Waals surface area (Å²) in [7, 11) is 1.62. The maximum absolute atomic E-state index is 13.5. The number of methoxy groups -OCH3 is 1. The lowest BCUT2D eigenvalue weighted by atomic mass is 10.2. The molecule has 0 unspecified atom stereocenters. The van der Waals surface area contributed by atoms with E-state index in [2.05, 4.69) is 26.6 Å². The van der Waals surface area contributed by atoms with Gasteiger partial charge in [0.2, 0.25) is 0 Å². The summed E-state index contributed by atoms with van der Waals surface area (Å²) in [6.45, 7) is 2.40. The van der Waals surface area contributed by atoms with Gasteiger partial charge in [0.25, 0.3) is 5.91 Å². The molecule has 1 aromatic carbocycles. The first-order chi connectivity index (χ1) is 8.65. The summed E-state index contributed by atoms with van der Waals surface area (Å²) in [5.41, 5.74) is 0.0510. The van der Waals surface area contributed by atoms with Gasteiger partial charge in [0, 0.05) is 31.2 Å². The molecule has 4 nitrogen and oxygen atoms in total. The molecule has 0 aromatic heterocycles. The second-order valence-electron chi connectivity index (χ2n) is 3.62. The van der Waals surface area contributed by atoms with Crippen molar-refractivity contribution in [1.82, 2.24) is 10.6 Å². The van der Waals surface area contributed by atoms with Crippen molar-refractivity contribution >= 4 is 21.8 Å². The molecule has 0 aliphatic carbocycles. The van der Waals surface area contributed by atoms with Gasteiger partial charge in [0.15, 0.2) is 0 Å². The molecule has 1 amide bonds. The van der Waals surface area contributed by atoms with Gasteiger partial charge in [-0.05, 0) is 18.2 Å². The molecule has 0 heterocycles. The van der Waals surface area contributed by atoms with E-state index in [4.69, 9.17) is 4.74 Å². The first-order valence-electron chi connectivity index (χ1n) is 5.58. The largest absolute Gasteiger partial charge is 0.383 e. The molecule has 0 atom stereocenters. The summed E-state index contributed by atoms with van der Waals surface area (Å²) in [5.74, 6) is -0.942. The predicted molar refractivity (Wildman–Crippen MR) is 71.2 cm³/mol. The van der Waals surface area contributed by atoms with Gasteiger partial charge in [0.1, 0.15) is 5.82 Å². The van der Waals surface area contributed by atoms with Gasteiger partial charge in [-0.25, -0.2) is 4.39 Å². The molecule has 0 spiro atoms. The van der Waals surface area contributed by atoms with E-state index in [0.717, 1.165) is 6.54 Å². The van der Waals surface area contributed by atoms with Gasteiger partial charge < -0.3 is 15.4 Å². The maximum Gasteiger partial charge on any atom is 0.254 e. The number of hydrogen-bond donors (Lipinski definition) is 2. The van der Waals surface area contributed by atoms with E-state index in [1.54, 1.807) is 13.2 Å². The molecule has 1 aromatic rings. The Hall–Kier alpha value is -0.980. The molecular formula is C12H16BrFN2O2. The van der Waals surface area contributed by atoms with E-state index in [-0.39, 0.29) is 5.56 Å². The summed E-state index contributed by atoms with van der Waals surface area (Å²) >= 11 is 3.14. The van der Waals surface area contributed by atoms with Crippen LogP contribution in [0.3, 0.4) is 0 Å². The summed E-state index contributed by atoms with van der Waals surface area (Å²) in [6.07, 6.45) is 0. The van der Waals surface area contributed by atoms with Crippen molar-refractivity contribution in [2.75, 3.05) is 33.4 Å². The molecule has 100 valence electrons. The van der Waals surface area contributed by atoms with Crippen molar-refractivity contribution in [3.05, 3.63) is 34.1 Å². The number of halogens is 2. The molecule has 0 radical (unpaired) electrons. The van der Waals surface area contributed by atoms with Crippen molar-refractivity contribution in [2.24, 2.45) is 0 Å². The van der Waals surface area contributed by atoms with E-state index in [9.17, 15) is 9.18 Å². The molecule has 0 aliphatic rings. The first kappa shape index (κ1) is 15.1. The topological polar surface area (TPSA) is 50.4 Å². The van der Waals surface area contributed by atoms with Gasteiger partial charge in [-0.3, -0.25) is 4.79 Å². The number of rotatable bonds is 7. The average Bonchev–Trinajstić information content (AvgIpc) is 2.33. The molecule has 0 saturated heterocycles. The SMILES string of the molecule is COCCNCCNC(=O)c1ccc(Br)cc1F. The zero-order valence-electron chi connectivity index (χ0n) is 10.1. The van der Waals surface area contributed by atoms with Crippen molar-refractivity contribution in [3.63, 3.8) is 0 Å². The number of carbonyl (C=O) groups is 1. The third-order valence-electron chi connectivity index (χ3n) is 2.25. The van der Waals surface area contributed by atoms with Crippen LogP contribution in [-0.2, 0) is 4.74 Å². The van der Waals surface area contributed by atoms with Crippen LogP contribution in [-0.4, -0.2) is 39.3 Å². The number of nitrogens with one attached hydrogen (secondary N) is 2. The Bertz CT molecular complexity index is 402. The Morgan fingerprint density at radius 1 is 1.39 bits per heavy atom. The van der Waals surface area contributed by atoms with Crippen LogP contribution in [0.4, 0.5) is 4.39 Å². The quantitative estimate of drug-likeness (QED) is 0.750. The Kier molecular flexibility index (Phi) is 6.85. The minimum absolute atomic E-state index is 0.0510. The van der Waals surface area contributed by atoms with Crippen molar-refractivity contribution < 1.29 is 13.9 Å². The minimum atomic E-state index is -0.533. The highest BCUT2D eigenvalue weighted by molar-refractivity contribution is 9.10. The van der Waals surface area contributed by atoms with E-state index < -0.39 is 11.7 Å². The highest BCUT2D eigenvalue weighted by atomic mass is 79.9. The van der Waals surface area contributed by atoms with Crippen LogP contribution in [0, 0.1) is 5.82 Å². The van der Waals surface area contributed by atoms with E-state index in [1.165, 1.54) is 12.1 Å². The van der Waals surface area contributed by atoms with Crippen LogP contribution in [0.1, 0.15) is 10.4 Å². The van der Waals surface area contributed by atoms with Crippen molar-refractivity contribution in [3.8, 4) is 0 Å². The fourth-order valence-electron chi connectivity index (χ4n) is 1.33. The number of ether oxygens (including phenoxy) is 1. The minimum Gasteiger partial charge on any atom is -0.383 e. The maximum atomic E-state index is 13.5. The lowest BCUT2D eigenvalue weighted by Crippen LogP contribution is -2.33. The molecule has 6 heteroatoms. The molecule has 2 N–H and O–H groups in total. The molecular weight excluding hydrogens is 303 g/mol. The van der Waals surface area contributed by atoms with Gasteiger partial charge in [-0.15, -0.1) is 0 Å². The van der Waals surface area contributed by atoms with E-state index in [0.29, 0.717) is 24.2 Å². The Labute approximate surface area is 114 Å². The van der Waals surface area contributed by atoms with Gasteiger partial charge in [-0.2, -0.15) is 0 Å². The lowest BCUT2D eigenvalue weighted by Gasteiger charge is -2.07.